The zero-order chi connectivity index (χ0) is 10.6. The molecule has 3 heteroatoms. The summed E-state index contributed by atoms with van der Waals surface area (Å²) >= 11 is 0. The molecule has 0 aromatic rings. The fourth-order valence-electron chi connectivity index (χ4n) is 3.23. The van der Waals surface area contributed by atoms with Gasteiger partial charge in [-0.15, -0.1) is 0 Å². The van der Waals surface area contributed by atoms with Crippen molar-refractivity contribution < 1.29 is 8.78 Å². The van der Waals surface area contributed by atoms with Crippen LogP contribution >= 0.6 is 0 Å². The third-order valence-electron chi connectivity index (χ3n) is 3.46. The molecule has 0 radical (unpaired) electrons. The van der Waals surface area contributed by atoms with E-state index in [0.717, 1.165) is 12.8 Å². The third-order valence-corrected chi connectivity index (χ3v) is 3.46. The second-order valence-electron chi connectivity index (χ2n) is 5.73. The molecule has 0 aromatic carbocycles. The van der Waals surface area contributed by atoms with Crippen LogP contribution in [-0.4, -0.2) is 28.4 Å². The molecule has 0 unspecified atom stereocenters. The summed E-state index contributed by atoms with van der Waals surface area (Å²) in [6, 6.07) is 0.229. The van der Waals surface area contributed by atoms with Gasteiger partial charge < -0.3 is 0 Å². The highest BCUT2D eigenvalue weighted by Gasteiger charge is 2.51. The van der Waals surface area contributed by atoms with Gasteiger partial charge in [0, 0.05) is 30.5 Å². The molecular weight excluding hydrogens is 184 g/mol. The standard InChI is InChI=1S/C11H19F2N/c1-10(2,3)14-8-4-5-9(14)7-11(12,13)6-8/h8-9H,4-7H2,1-3H3/t8-,9+. The fraction of sp³-hybridized carbons (Fsp3) is 1.00. The molecule has 2 rings (SSSR count). The fourth-order valence-corrected chi connectivity index (χ4v) is 3.23. The average molecular weight is 203 g/mol. The first kappa shape index (κ1) is 10.3. The number of nitrogens with zero attached hydrogens (tertiary/aromatic N) is 1. The number of piperidine rings is 1. The molecule has 0 spiro atoms. The number of halogens is 2. The van der Waals surface area contributed by atoms with Gasteiger partial charge in [0.15, 0.2) is 0 Å². The maximum Gasteiger partial charge on any atom is 0.251 e. The summed E-state index contributed by atoms with van der Waals surface area (Å²) in [6.45, 7) is 6.38. The van der Waals surface area contributed by atoms with Gasteiger partial charge in [-0.3, -0.25) is 4.90 Å². The molecule has 1 nitrogen and oxygen atoms in total. The summed E-state index contributed by atoms with van der Waals surface area (Å²) < 4.78 is 26.6. The maximum absolute atomic E-state index is 13.3. The Morgan fingerprint density at radius 2 is 1.50 bits per heavy atom. The van der Waals surface area contributed by atoms with E-state index in [4.69, 9.17) is 0 Å². The molecule has 2 heterocycles. The van der Waals surface area contributed by atoms with Crippen molar-refractivity contribution >= 4 is 0 Å². The molecule has 0 aromatic heterocycles. The average Bonchev–Trinajstić information content (AvgIpc) is 2.22. The molecule has 2 fully saturated rings. The Morgan fingerprint density at radius 3 is 1.86 bits per heavy atom. The summed E-state index contributed by atoms with van der Waals surface area (Å²) in [4.78, 5) is 2.31. The van der Waals surface area contributed by atoms with Crippen molar-refractivity contribution in [2.24, 2.45) is 0 Å². The van der Waals surface area contributed by atoms with Crippen molar-refractivity contribution in [2.45, 2.75) is 70.0 Å². The lowest BCUT2D eigenvalue weighted by atomic mass is 9.92. The molecule has 0 amide bonds. The predicted octanol–water partition coefficient (Wildman–Crippen LogP) is 3.05. The van der Waals surface area contributed by atoms with Crippen LogP contribution in [0.2, 0.25) is 0 Å². The second-order valence-corrected chi connectivity index (χ2v) is 5.73. The highest BCUT2D eigenvalue weighted by molar-refractivity contribution is 5.02. The van der Waals surface area contributed by atoms with Gasteiger partial charge in [-0.25, -0.2) is 8.78 Å². The molecular formula is C11H19F2N. The van der Waals surface area contributed by atoms with Gasteiger partial charge in [0.2, 0.25) is 0 Å². The summed E-state index contributed by atoms with van der Waals surface area (Å²) in [6.07, 6.45) is 2.05. The Kier molecular flexibility index (Phi) is 2.15. The largest absolute Gasteiger partial charge is 0.292 e. The van der Waals surface area contributed by atoms with Crippen molar-refractivity contribution in [3.63, 3.8) is 0 Å². The van der Waals surface area contributed by atoms with Gasteiger partial charge in [-0.1, -0.05) is 0 Å². The monoisotopic (exact) mass is 203 g/mol. The summed E-state index contributed by atoms with van der Waals surface area (Å²) in [5, 5.41) is 0. The lowest BCUT2D eigenvalue weighted by molar-refractivity contribution is -0.104. The minimum atomic E-state index is -2.41. The molecule has 0 aliphatic carbocycles. The van der Waals surface area contributed by atoms with E-state index in [2.05, 4.69) is 25.7 Å². The predicted molar refractivity (Wildman–Crippen MR) is 52.6 cm³/mol. The summed E-state index contributed by atoms with van der Waals surface area (Å²) in [5.41, 5.74) is 0.0440. The summed E-state index contributed by atoms with van der Waals surface area (Å²) in [7, 11) is 0. The van der Waals surface area contributed by atoms with Gasteiger partial charge in [-0.05, 0) is 33.6 Å². The second kappa shape index (κ2) is 2.91. The maximum atomic E-state index is 13.3. The Labute approximate surface area is 84.5 Å². The minimum absolute atomic E-state index is 0.0440. The van der Waals surface area contributed by atoms with E-state index in [-0.39, 0.29) is 30.5 Å². The van der Waals surface area contributed by atoms with Gasteiger partial charge in [0.1, 0.15) is 0 Å². The van der Waals surface area contributed by atoms with Crippen LogP contribution in [0, 0.1) is 0 Å². The number of fused-ring (bicyclic) bond motifs is 2. The Balaban J connectivity index is 2.19. The Bertz CT molecular complexity index is 216. The van der Waals surface area contributed by atoms with Crippen LogP contribution < -0.4 is 0 Å². The van der Waals surface area contributed by atoms with Gasteiger partial charge in [0.05, 0.1) is 0 Å². The van der Waals surface area contributed by atoms with Gasteiger partial charge in [0.25, 0.3) is 5.92 Å². The molecule has 0 saturated carbocycles. The van der Waals surface area contributed by atoms with Crippen molar-refractivity contribution in [2.75, 3.05) is 0 Å². The number of hydrogen-bond donors (Lipinski definition) is 0. The van der Waals surface area contributed by atoms with Crippen molar-refractivity contribution in [1.29, 1.82) is 0 Å². The topological polar surface area (TPSA) is 3.24 Å². The van der Waals surface area contributed by atoms with E-state index in [9.17, 15) is 8.78 Å². The number of rotatable bonds is 0. The molecule has 2 bridgehead atoms. The van der Waals surface area contributed by atoms with Crippen LogP contribution in [0.3, 0.4) is 0 Å². The third kappa shape index (κ3) is 1.67. The van der Waals surface area contributed by atoms with Gasteiger partial charge in [-0.2, -0.15) is 0 Å². The van der Waals surface area contributed by atoms with Crippen LogP contribution in [0.15, 0.2) is 0 Å². The molecule has 2 saturated heterocycles. The highest BCUT2D eigenvalue weighted by Crippen LogP contribution is 2.46. The first-order chi connectivity index (χ1) is 6.30. The number of hydrogen-bond acceptors (Lipinski definition) is 1. The quantitative estimate of drug-likeness (QED) is 0.585. The van der Waals surface area contributed by atoms with Crippen molar-refractivity contribution in [3.05, 3.63) is 0 Å². The minimum Gasteiger partial charge on any atom is -0.292 e. The molecule has 2 aliphatic rings. The summed E-state index contributed by atoms with van der Waals surface area (Å²) in [5.74, 6) is -2.41. The van der Waals surface area contributed by atoms with Crippen LogP contribution in [0.1, 0.15) is 46.5 Å². The van der Waals surface area contributed by atoms with E-state index < -0.39 is 5.92 Å². The van der Waals surface area contributed by atoms with Crippen LogP contribution in [0.5, 0.6) is 0 Å². The molecule has 82 valence electrons. The van der Waals surface area contributed by atoms with Crippen LogP contribution in [-0.2, 0) is 0 Å². The first-order valence-electron chi connectivity index (χ1n) is 5.46. The van der Waals surface area contributed by atoms with E-state index >= 15 is 0 Å². The molecule has 2 aliphatic heterocycles. The molecule has 2 atom stereocenters. The first-order valence-corrected chi connectivity index (χ1v) is 5.46. The lowest BCUT2D eigenvalue weighted by Crippen LogP contribution is -2.55. The zero-order valence-electron chi connectivity index (χ0n) is 9.19. The van der Waals surface area contributed by atoms with E-state index in [1.807, 2.05) is 0 Å². The van der Waals surface area contributed by atoms with E-state index in [1.54, 1.807) is 0 Å². The molecule has 0 N–H and O–H groups in total. The Hall–Kier alpha value is -0.180. The van der Waals surface area contributed by atoms with Gasteiger partial charge >= 0.3 is 0 Å². The van der Waals surface area contributed by atoms with Crippen LogP contribution in [0.25, 0.3) is 0 Å². The smallest absolute Gasteiger partial charge is 0.251 e. The Morgan fingerprint density at radius 1 is 1.07 bits per heavy atom. The lowest BCUT2D eigenvalue weighted by Gasteiger charge is -2.46. The van der Waals surface area contributed by atoms with E-state index in [0.29, 0.717) is 0 Å². The number of alkyl halides is 2. The normalized spacial score (nSPS) is 37.5. The molecule has 14 heavy (non-hydrogen) atoms. The highest BCUT2D eigenvalue weighted by atomic mass is 19.3. The van der Waals surface area contributed by atoms with E-state index in [1.165, 1.54) is 0 Å². The van der Waals surface area contributed by atoms with Crippen LogP contribution in [0.4, 0.5) is 8.78 Å². The zero-order valence-corrected chi connectivity index (χ0v) is 9.19. The SMILES string of the molecule is CC(C)(C)N1[C@@H]2CC[C@H]1CC(F)(F)C2. The van der Waals surface area contributed by atoms with Crippen molar-refractivity contribution in [1.82, 2.24) is 4.90 Å². The van der Waals surface area contributed by atoms with Crippen molar-refractivity contribution in [3.8, 4) is 0 Å².